The van der Waals surface area contributed by atoms with Gasteiger partial charge in [0.05, 0.1) is 17.2 Å². The van der Waals surface area contributed by atoms with Gasteiger partial charge in [0.2, 0.25) is 0 Å². The Kier molecular flexibility index (Phi) is 5.99. The Balaban J connectivity index is 1.67. The molecule has 1 atom stereocenters. The second-order valence-corrected chi connectivity index (χ2v) is 13.3. The monoisotopic (exact) mass is 482 g/mol. The molecule has 3 aromatic rings. The normalized spacial score (nSPS) is 21.1. The SMILES string of the molecule is O=P1(C(c2ccccn2)N2CCS(=O)(=O)CC2)N(c2ccccc2)CCN1c1ccccc1. The van der Waals surface area contributed by atoms with Crippen molar-refractivity contribution in [2.24, 2.45) is 0 Å². The molecule has 172 valence electrons. The molecule has 2 saturated heterocycles. The lowest BCUT2D eigenvalue weighted by molar-refractivity contribution is 0.264. The standard InChI is InChI=1S/C24H27N4O3PS/c29-32(24(23-13-7-8-14-25-23)26-17-19-33(30,31)20-18-26)27(21-9-3-1-4-10-21)15-16-28(32)22-11-5-2-6-12-22/h1-14,24H,15-20H2. The van der Waals surface area contributed by atoms with E-state index in [1.54, 1.807) is 6.20 Å². The highest BCUT2D eigenvalue weighted by atomic mass is 32.2. The lowest BCUT2D eigenvalue weighted by Crippen LogP contribution is -2.44. The van der Waals surface area contributed by atoms with Gasteiger partial charge in [-0.2, -0.15) is 0 Å². The van der Waals surface area contributed by atoms with Crippen molar-refractivity contribution in [1.82, 2.24) is 9.88 Å². The molecule has 0 aliphatic carbocycles. The summed E-state index contributed by atoms with van der Waals surface area (Å²) >= 11 is 0. The molecule has 5 rings (SSSR count). The van der Waals surface area contributed by atoms with Crippen molar-refractivity contribution >= 4 is 28.7 Å². The molecule has 0 spiro atoms. The molecular formula is C24H27N4O3PS. The second-order valence-electron chi connectivity index (χ2n) is 8.32. The van der Waals surface area contributed by atoms with Crippen LogP contribution in [0.3, 0.4) is 0 Å². The molecule has 7 nitrogen and oxygen atoms in total. The van der Waals surface area contributed by atoms with Crippen LogP contribution in [0, 0.1) is 0 Å². The first kappa shape index (κ1) is 22.1. The fraction of sp³-hybridized carbons (Fsp3) is 0.292. The molecular weight excluding hydrogens is 455 g/mol. The van der Waals surface area contributed by atoms with E-state index in [9.17, 15) is 8.42 Å². The van der Waals surface area contributed by atoms with Crippen LogP contribution in [-0.4, -0.2) is 56.0 Å². The molecule has 0 radical (unpaired) electrons. The van der Waals surface area contributed by atoms with Crippen LogP contribution in [0.4, 0.5) is 11.4 Å². The zero-order chi connectivity index (χ0) is 22.9. The van der Waals surface area contributed by atoms with Gasteiger partial charge in [-0.1, -0.05) is 42.5 Å². The zero-order valence-electron chi connectivity index (χ0n) is 18.3. The van der Waals surface area contributed by atoms with E-state index in [1.807, 2.05) is 88.2 Å². The molecule has 2 aliphatic rings. The summed E-state index contributed by atoms with van der Waals surface area (Å²) < 4.78 is 43.9. The molecule has 2 aliphatic heterocycles. The van der Waals surface area contributed by atoms with Gasteiger partial charge in [0, 0.05) is 43.8 Å². The number of nitrogens with zero attached hydrogens (tertiary/aromatic N) is 4. The number of anilines is 2. The van der Waals surface area contributed by atoms with Crippen molar-refractivity contribution in [3.8, 4) is 0 Å². The molecule has 2 aromatic carbocycles. The minimum atomic E-state index is -3.34. The third-order valence-electron chi connectivity index (χ3n) is 6.32. The maximum Gasteiger partial charge on any atom is 0.285 e. The number of aromatic nitrogens is 1. The number of para-hydroxylation sites is 2. The lowest BCUT2D eigenvalue weighted by Gasteiger charge is -2.43. The maximum atomic E-state index is 15.5. The summed E-state index contributed by atoms with van der Waals surface area (Å²) in [6.07, 6.45) is 1.71. The quantitative estimate of drug-likeness (QED) is 0.509. The van der Waals surface area contributed by atoms with Crippen LogP contribution in [0.25, 0.3) is 0 Å². The van der Waals surface area contributed by atoms with E-state index in [0.717, 1.165) is 11.4 Å². The van der Waals surface area contributed by atoms with Crippen molar-refractivity contribution in [2.75, 3.05) is 47.0 Å². The van der Waals surface area contributed by atoms with Gasteiger partial charge < -0.3 is 9.34 Å². The molecule has 3 heterocycles. The number of benzene rings is 2. The third kappa shape index (κ3) is 4.19. The summed E-state index contributed by atoms with van der Waals surface area (Å²) in [6, 6.07) is 25.3. The van der Waals surface area contributed by atoms with E-state index < -0.39 is 23.1 Å². The Labute approximate surface area is 195 Å². The van der Waals surface area contributed by atoms with Crippen LogP contribution in [-0.2, 0) is 14.4 Å². The van der Waals surface area contributed by atoms with Crippen LogP contribution in [0.5, 0.6) is 0 Å². The summed E-state index contributed by atoms with van der Waals surface area (Å²) in [7, 11) is -6.43. The largest absolute Gasteiger partial charge is 0.303 e. The summed E-state index contributed by atoms with van der Waals surface area (Å²) in [5.41, 5.74) is 2.48. The molecule has 2 fully saturated rings. The molecule has 1 aromatic heterocycles. The number of hydrogen-bond donors (Lipinski definition) is 0. The maximum absolute atomic E-state index is 15.5. The molecule has 0 bridgehead atoms. The average Bonchev–Trinajstić information content (AvgIpc) is 3.19. The topological polar surface area (TPSA) is 73.8 Å². The van der Waals surface area contributed by atoms with Gasteiger partial charge in [0.1, 0.15) is 5.78 Å². The number of sulfone groups is 1. The molecule has 0 saturated carbocycles. The average molecular weight is 483 g/mol. The van der Waals surface area contributed by atoms with Crippen molar-refractivity contribution in [2.45, 2.75) is 5.78 Å². The predicted octanol–water partition coefficient (Wildman–Crippen LogP) is 4.03. The first-order valence-corrected chi connectivity index (χ1v) is 14.6. The van der Waals surface area contributed by atoms with E-state index >= 15 is 4.57 Å². The van der Waals surface area contributed by atoms with Gasteiger partial charge in [0.15, 0.2) is 9.84 Å². The molecule has 0 N–H and O–H groups in total. The summed E-state index contributed by atoms with van der Waals surface area (Å²) in [5.74, 6) is -0.433. The second kappa shape index (κ2) is 8.93. The van der Waals surface area contributed by atoms with Crippen molar-refractivity contribution < 1.29 is 13.0 Å². The van der Waals surface area contributed by atoms with Crippen molar-refractivity contribution in [3.63, 3.8) is 0 Å². The third-order valence-corrected chi connectivity index (χ3v) is 11.4. The fourth-order valence-electron chi connectivity index (χ4n) is 4.73. The van der Waals surface area contributed by atoms with Crippen LogP contribution >= 0.6 is 7.44 Å². The van der Waals surface area contributed by atoms with Gasteiger partial charge in [-0.3, -0.25) is 14.4 Å². The van der Waals surface area contributed by atoms with Crippen LogP contribution < -0.4 is 9.34 Å². The van der Waals surface area contributed by atoms with E-state index in [2.05, 4.69) is 9.88 Å². The molecule has 33 heavy (non-hydrogen) atoms. The Morgan fingerprint density at radius 1 is 0.727 bits per heavy atom. The van der Waals surface area contributed by atoms with Gasteiger partial charge in [0.25, 0.3) is 7.44 Å². The zero-order valence-corrected chi connectivity index (χ0v) is 20.0. The summed E-state index contributed by atoms with van der Waals surface area (Å²) in [6.45, 7) is 1.87. The summed E-state index contributed by atoms with van der Waals surface area (Å²) in [4.78, 5) is 6.68. The summed E-state index contributed by atoms with van der Waals surface area (Å²) in [5, 5.41) is 0. The van der Waals surface area contributed by atoms with E-state index in [0.29, 0.717) is 31.9 Å². The Bertz CT molecular complexity index is 1180. The number of rotatable bonds is 5. The van der Waals surface area contributed by atoms with E-state index in [4.69, 9.17) is 0 Å². The lowest BCUT2D eigenvalue weighted by atomic mass is 10.3. The minimum Gasteiger partial charge on any atom is -0.303 e. The number of hydrogen-bond acceptors (Lipinski definition) is 5. The van der Waals surface area contributed by atoms with Crippen LogP contribution in [0.2, 0.25) is 0 Å². The van der Waals surface area contributed by atoms with Crippen LogP contribution in [0.1, 0.15) is 11.5 Å². The smallest absolute Gasteiger partial charge is 0.285 e. The molecule has 0 amide bonds. The Morgan fingerprint density at radius 2 is 1.24 bits per heavy atom. The Morgan fingerprint density at radius 3 is 1.73 bits per heavy atom. The van der Waals surface area contributed by atoms with Gasteiger partial charge in [-0.15, -0.1) is 0 Å². The van der Waals surface area contributed by atoms with Gasteiger partial charge in [-0.05, 0) is 36.4 Å². The Hall–Kier alpha value is -2.67. The van der Waals surface area contributed by atoms with Gasteiger partial charge in [-0.25, -0.2) is 8.42 Å². The first-order valence-electron chi connectivity index (χ1n) is 11.1. The van der Waals surface area contributed by atoms with E-state index in [-0.39, 0.29) is 11.5 Å². The highest BCUT2D eigenvalue weighted by molar-refractivity contribution is 7.91. The van der Waals surface area contributed by atoms with E-state index in [1.165, 1.54) is 0 Å². The highest BCUT2D eigenvalue weighted by Crippen LogP contribution is 2.69. The van der Waals surface area contributed by atoms with Gasteiger partial charge >= 0.3 is 0 Å². The first-order chi connectivity index (χ1) is 16.0. The van der Waals surface area contributed by atoms with Crippen molar-refractivity contribution in [1.29, 1.82) is 0 Å². The van der Waals surface area contributed by atoms with Crippen LogP contribution in [0.15, 0.2) is 85.1 Å². The van der Waals surface area contributed by atoms with Crippen molar-refractivity contribution in [3.05, 3.63) is 90.8 Å². The minimum absolute atomic E-state index is 0.0625. The fourth-order valence-corrected chi connectivity index (χ4v) is 9.58. The molecule has 1 unspecified atom stereocenters. The predicted molar refractivity (Wildman–Crippen MR) is 132 cm³/mol. The highest BCUT2D eigenvalue weighted by Gasteiger charge is 2.53. The molecule has 9 heteroatoms. The number of pyridine rings is 1.